The highest BCUT2D eigenvalue weighted by molar-refractivity contribution is 5.37. The summed E-state index contributed by atoms with van der Waals surface area (Å²) < 4.78 is 10.1. The molecule has 1 rings (SSSR count). The van der Waals surface area contributed by atoms with E-state index < -0.39 is 0 Å². The minimum atomic E-state index is 0.301. The fourth-order valence-corrected chi connectivity index (χ4v) is 1.29. The van der Waals surface area contributed by atoms with Gasteiger partial charge in [-0.2, -0.15) is 15.0 Å². The topological polar surface area (TPSA) is 72.4 Å². The van der Waals surface area contributed by atoms with Gasteiger partial charge in [0.1, 0.15) is 0 Å². The number of hydrogen-bond donors (Lipinski definition) is 1. The lowest BCUT2D eigenvalue weighted by molar-refractivity contribution is 0.205. The zero-order chi connectivity index (χ0) is 12.7. The van der Waals surface area contributed by atoms with E-state index in [9.17, 15) is 0 Å². The molecule has 0 bridgehead atoms. The molecule has 1 heterocycles. The molecule has 17 heavy (non-hydrogen) atoms. The molecule has 1 aromatic rings. The van der Waals surface area contributed by atoms with Crippen molar-refractivity contribution in [3.8, 4) is 6.01 Å². The van der Waals surface area contributed by atoms with Crippen LogP contribution in [0.25, 0.3) is 0 Å². The number of likely N-dealkylation sites (N-methyl/N-ethyl adjacent to an activating group) is 1. The molecule has 0 spiro atoms. The van der Waals surface area contributed by atoms with Crippen LogP contribution in [0.1, 0.15) is 6.92 Å². The largest absolute Gasteiger partial charge is 0.467 e. The van der Waals surface area contributed by atoms with Gasteiger partial charge in [0, 0.05) is 27.2 Å². The van der Waals surface area contributed by atoms with E-state index in [1.54, 1.807) is 14.2 Å². The summed E-state index contributed by atoms with van der Waals surface area (Å²) in [7, 11) is 4.95. The number of aromatic nitrogens is 3. The van der Waals surface area contributed by atoms with Gasteiger partial charge >= 0.3 is 6.01 Å². The van der Waals surface area contributed by atoms with Crippen molar-refractivity contribution in [3.63, 3.8) is 0 Å². The van der Waals surface area contributed by atoms with Gasteiger partial charge in [-0.1, -0.05) is 0 Å². The molecule has 1 N–H and O–H groups in total. The van der Waals surface area contributed by atoms with Gasteiger partial charge in [0.15, 0.2) is 0 Å². The molecular weight excluding hydrogens is 222 g/mol. The normalized spacial score (nSPS) is 10.1. The first-order valence-corrected chi connectivity index (χ1v) is 5.46. The highest BCUT2D eigenvalue weighted by Crippen LogP contribution is 2.14. The molecule has 0 fully saturated rings. The van der Waals surface area contributed by atoms with Crippen LogP contribution in [0.4, 0.5) is 11.9 Å². The molecule has 0 radical (unpaired) electrons. The summed E-state index contributed by atoms with van der Waals surface area (Å²) in [6.45, 7) is 4.17. The molecule has 0 aliphatic carbocycles. The number of methoxy groups -OCH3 is 2. The fourth-order valence-electron chi connectivity index (χ4n) is 1.29. The van der Waals surface area contributed by atoms with Crippen molar-refractivity contribution in [2.24, 2.45) is 0 Å². The number of ether oxygens (including phenoxy) is 2. The van der Waals surface area contributed by atoms with Gasteiger partial charge in [0.2, 0.25) is 11.9 Å². The summed E-state index contributed by atoms with van der Waals surface area (Å²) in [5, 5.41) is 2.88. The second-order valence-corrected chi connectivity index (χ2v) is 3.27. The van der Waals surface area contributed by atoms with E-state index in [0.29, 0.717) is 24.5 Å². The van der Waals surface area contributed by atoms with E-state index in [2.05, 4.69) is 20.3 Å². The van der Waals surface area contributed by atoms with Crippen molar-refractivity contribution in [3.05, 3.63) is 0 Å². The molecule has 0 saturated carbocycles. The summed E-state index contributed by atoms with van der Waals surface area (Å²) in [6, 6.07) is 0.301. The van der Waals surface area contributed by atoms with Gasteiger partial charge in [-0.15, -0.1) is 0 Å². The zero-order valence-electron chi connectivity index (χ0n) is 10.7. The van der Waals surface area contributed by atoms with E-state index >= 15 is 0 Å². The molecular formula is C10H19N5O2. The van der Waals surface area contributed by atoms with Crippen molar-refractivity contribution in [2.75, 3.05) is 51.2 Å². The first-order valence-electron chi connectivity index (χ1n) is 5.46. The summed E-state index contributed by atoms with van der Waals surface area (Å²) >= 11 is 0. The summed E-state index contributed by atoms with van der Waals surface area (Å²) in [5.74, 6) is 1.07. The maximum absolute atomic E-state index is 5.05. The Morgan fingerprint density at radius 3 is 2.53 bits per heavy atom. The molecule has 0 unspecified atom stereocenters. The standard InChI is InChI=1S/C10H19N5O2/c1-5-15(6-7-16-3)9-12-8(11-2)13-10(14-9)17-4/h5-7H2,1-4H3,(H,11,12,13,14). The first kappa shape index (κ1) is 13.4. The number of hydrogen-bond acceptors (Lipinski definition) is 7. The SMILES string of the molecule is CCN(CCOC)c1nc(NC)nc(OC)n1. The Balaban J connectivity index is 2.92. The molecule has 0 saturated heterocycles. The van der Waals surface area contributed by atoms with Crippen LogP contribution >= 0.6 is 0 Å². The minimum Gasteiger partial charge on any atom is -0.467 e. The molecule has 0 amide bonds. The highest BCUT2D eigenvalue weighted by atomic mass is 16.5. The predicted octanol–water partition coefficient (Wildman–Crippen LogP) is 0.395. The third-order valence-corrected chi connectivity index (χ3v) is 2.24. The lowest BCUT2D eigenvalue weighted by Gasteiger charge is -2.20. The Morgan fingerprint density at radius 2 is 2.00 bits per heavy atom. The molecule has 96 valence electrons. The van der Waals surface area contributed by atoms with Gasteiger partial charge in [-0.05, 0) is 6.92 Å². The zero-order valence-corrected chi connectivity index (χ0v) is 10.7. The Labute approximate surface area is 101 Å². The third-order valence-electron chi connectivity index (χ3n) is 2.24. The fraction of sp³-hybridized carbons (Fsp3) is 0.700. The van der Waals surface area contributed by atoms with Crippen molar-refractivity contribution in [1.82, 2.24) is 15.0 Å². The number of rotatable bonds is 7. The quantitative estimate of drug-likeness (QED) is 0.740. The van der Waals surface area contributed by atoms with Gasteiger partial charge in [-0.25, -0.2) is 0 Å². The van der Waals surface area contributed by atoms with E-state index in [1.807, 2.05) is 11.8 Å². The van der Waals surface area contributed by atoms with E-state index in [4.69, 9.17) is 9.47 Å². The van der Waals surface area contributed by atoms with Crippen molar-refractivity contribution < 1.29 is 9.47 Å². The predicted molar refractivity (Wildman–Crippen MR) is 65.7 cm³/mol. The monoisotopic (exact) mass is 241 g/mol. The highest BCUT2D eigenvalue weighted by Gasteiger charge is 2.11. The molecule has 7 nitrogen and oxygen atoms in total. The maximum atomic E-state index is 5.05. The second-order valence-electron chi connectivity index (χ2n) is 3.27. The van der Waals surface area contributed by atoms with E-state index in [0.717, 1.165) is 13.1 Å². The molecule has 7 heteroatoms. The third kappa shape index (κ3) is 3.70. The van der Waals surface area contributed by atoms with Crippen LogP contribution in [0.15, 0.2) is 0 Å². The van der Waals surface area contributed by atoms with Gasteiger partial charge in [-0.3, -0.25) is 0 Å². The van der Waals surface area contributed by atoms with Crippen LogP contribution in [0.3, 0.4) is 0 Å². The lowest BCUT2D eigenvalue weighted by Crippen LogP contribution is -2.29. The molecule has 0 aliphatic rings. The number of nitrogens with zero attached hydrogens (tertiary/aromatic N) is 4. The molecule has 0 aromatic carbocycles. The Hall–Kier alpha value is -1.63. The van der Waals surface area contributed by atoms with Crippen LogP contribution in [0.2, 0.25) is 0 Å². The van der Waals surface area contributed by atoms with E-state index in [-0.39, 0.29) is 0 Å². The van der Waals surface area contributed by atoms with Crippen LogP contribution in [-0.2, 0) is 4.74 Å². The average molecular weight is 241 g/mol. The second kappa shape index (κ2) is 6.85. The lowest BCUT2D eigenvalue weighted by atomic mass is 10.5. The van der Waals surface area contributed by atoms with Crippen LogP contribution in [-0.4, -0.2) is 55.9 Å². The maximum Gasteiger partial charge on any atom is 0.322 e. The molecule has 0 atom stereocenters. The van der Waals surface area contributed by atoms with Crippen molar-refractivity contribution >= 4 is 11.9 Å². The Morgan fingerprint density at radius 1 is 1.24 bits per heavy atom. The summed E-state index contributed by atoms with van der Waals surface area (Å²) in [4.78, 5) is 14.5. The van der Waals surface area contributed by atoms with Crippen molar-refractivity contribution in [1.29, 1.82) is 0 Å². The summed E-state index contributed by atoms with van der Waals surface area (Å²) in [6.07, 6.45) is 0. The van der Waals surface area contributed by atoms with E-state index in [1.165, 1.54) is 7.11 Å². The number of nitrogens with one attached hydrogen (secondary N) is 1. The Kier molecular flexibility index (Phi) is 5.41. The summed E-state index contributed by atoms with van der Waals surface area (Å²) in [5.41, 5.74) is 0. The van der Waals surface area contributed by atoms with Crippen LogP contribution < -0.4 is 15.0 Å². The smallest absolute Gasteiger partial charge is 0.322 e. The Bertz CT molecular complexity index is 325. The van der Waals surface area contributed by atoms with Crippen LogP contribution in [0.5, 0.6) is 6.01 Å². The number of anilines is 2. The minimum absolute atomic E-state index is 0.301. The van der Waals surface area contributed by atoms with Crippen molar-refractivity contribution in [2.45, 2.75) is 6.92 Å². The molecule has 1 aromatic heterocycles. The van der Waals surface area contributed by atoms with Crippen LogP contribution in [0, 0.1) is 0 Å². The van der Waals surface area contributed by atoms with Gasteiger partial charge in [0.25, 0.3) is 0 Å². The molecule has 0 aliphatic heterocycles. The first-order chi connectivity index (χ1) is 8.24. The average Bonchev–Trinajstić information content (AvgIpc) is 2.39. The van der Waals surface area contributed by atoms with Gasteiger partial charge in [0.05, 0.1) is 13.7 Å². The van der Waals surface area contributed by atoms with Gasteiger partial charge < -0.3 is 19.7 Å².